The molecule has 2 fully saturated rings. The zero-order chi connectivity index (χ0) is 10.2. The van der Waals surface area contributed by atoms with Crippen molar-refractivity contribution < 1.29 is 4.79 Å². The average Bonchev–Trinajstić information content (AvgIpc) is 2.55. The Balaban J connectivity index is 0.00000112. The van der Waals surface area contributed by atoms with Crippen molar-refractivity contribution in [3.63, 3.8) is 0 Å². The van der Waals surface area contributed by atoms with Crippen LogP contribution < -0.4 is 16.0 Å². The summed E-state index contributed by atoms with van der Waals surface area (Å²) in [5, 5.41) is 9.49. The minimum Gasteiger partial charge on any atom is -0.351 e. The Labute approximate surface area is 97.0 Å². The fourth-order valence-corrected chi connectivity index (χ4v) is 2.12. The number of rotatable bonds is 2. The molecule has 0 spiro atoms. The monoisotopic (exact) mass is 233 g/mol. The molecule has 2 unspecified atom stereocenters. The number of halogens is 1. The molecule has 2 saturated heterocycles. The average molecular weight is 234 g/mol. The third-order valence-electron chi connectivity index (χ3n) is 3.21. The minimum absolute atomic E-state index is 0. The van der Waals surface area contributed by atoms with Crippen molar-refractivity contribution in [2.45, 2.75) is 32.4 Å². The molecule has 88 valence electrons. The largest absolute Gasteiger partial charge is 0.351 e. The Morgan fingerprint density at radius 1 is 1.47 bits per heavy atom. The Morgan fingerprint density at radius 3 is 2.60 bits per heavy atom. The van der Waals surface area contributed by atoms with Crippen molar-refractivity contribution in [1.29, 1.82) is 0 Å². The van der Waals surface area contributed by atoms with Gasteiger partial charge in [0.2, 0.25) is 5.91 Å². The van der Waals surface area contributed by atoms with Crippen molar-refractivity contribution in [3.05, 3.63) is 0 Å². The second kappa shape index (κ2) is 4.68. The van der Waals surface area contributed by atoms with E-state index in [-0.39, 0.29) is 29.8 Å². The molecule has 0 aromatic carbocycles. The van der Waals surface area contributed by atoms with Crippen LogP contribution in [0.1, 0.15) is 20.3 Å². The second-order valence-electron chi connectivity index (χ2n) is 5.00. The summed E-state index contributed by atoms with van der Waals surface area (Å²) in [6, 6.07) is 0.337. The van der Waals surface area contributed by atoms with Crippen LogP contribution in [0.25, 0.3) is 0 Å². The van der Waals surface area contributed by atoms with Crippen LogP contribution in [0.3, 0.4) is 0 Å². The molecule has 0 radical (unpaired) electrons. The van der Waals surface area contributed by atoms with E-state index in [4.69, 9.17) is 0 Å². The van der Waals surface area contributed by atoms with Crippen LogP contribution in [0.5, 0.6) is 0 Å². The molecular weight excluding hydrogens is 214 g/mol. The minimum atomic E-state index is 0. The van der Waals surface area contributed by atoms with Gasteiger partial charge in [0.25, 0.3) is 0 Å². The molecule has 2 rings (SSSR count). The number of carbonyl (C=O) groups is 1. The summed E-state index contributed by atoms with van der Waals surface area (Å²) in [6.45, 7) is 7.13. The molecule has 0 bridgehead atoms. The number of amides is 1. The van der Waals surface area contributed by atoms with Gasteiger partial charge in [0, 0.05) is 24.5 Å². The summed E-state index contributed by atoms with van der Waals surface area (Å²) in [5.74, 6) is 0.162. The maximum atomic E-state index is 11.8. The molecule has 3 N–H and O–H groups in total. The fraction of sp³-hybridized carbons (Fsp3) is 0.900. The van der Waals surface area contributed by atoms with Crippen LogP contribution in [-0.2, 0) is 4.79 Å². The summed E-state index contributed by atoms with van der Waals surface area (Å²) in [4.78, 5) is 11.8. The summed E-state index contributed by atoms with van der Waals surface area (Å²) < 4.78 is 0. The van der Waals surface area contributed by atoms with Gasteiger partial charge in [-0.1, -0.05) is 13.8 Å². The highest BCUT2D eigenvalue weighted by atomic mass is 35.5. The fourth-order valence-electron chi connectivity index (χ4n) is 2.12. The van der Waals surface area contributed by atoms with Crippen LogP contribution >= 0.6 is 12.4 Å². The Morgan fingerprint density at radius 2 is 2.20 bits per heavy atom. The van der Waals surface area contributed by atoms with Crippen molar-refractivity contribution in [1.82, 2.24) is 16.0 Å². The summed E-state index contributed by atoms with van der Waals surface area (Å²) in [6.07, 6.45) is 1.05. The lowest BCUT2D eigenvalue weighted by atomic mass is 9.77. The predicted octanol–water partition coefficient (Wildman–Crippen LogP) is -0.116. The van der Waals surface area contributed by atoms with Gasteiger partial charge in [-0.3, -0.25) is 4.79 Å². The van der Waals surface area contributed by atoms with Crippen LogP contribution in [0.15, 0.2) is 0 Å². The normalized spacial score (nSPS) is 32.7. The van der Waals surface area contributed by atoms with Crippen LogP contribution in [0.4, 0.5) is 0 Å². The first-order valence-corrected chi connectivity index (χ1v) is 5.34. The first-order valence-electron chi connectivity index (χ1n) is 5.34. The number of hydrogen-bond acceptors (Lipinski definition) is 3. The molecule has 0 aromatic heterocycles. The highest BCUT2D eigenvalue weighted by molar-refractivity contribution is 5.85. The predicted molar refractivity (Wildman–Crippen MR) is 62.2 cm³/mol. The molecule has 2 atom stereocenters. The maximum Gasteiger partial charge on any atom is 0.238 e. The summed E-state index contributed by atoms with van der Waals surface area (Å²) in [5.41, 5.74) is 0.121. The van der Waals surface area contributed by atoms with Gasteiger partial charge in [-0.2, -0.15) is 0 Å². The SMILES string of the molecule is CC1(C)CNC1C(=O)NC1CCNC1.Cl. The summed E-state index contributed by atoms with van der Waals surface area (Å²) >= 11 is 0. The number of nitrogens with one attached hydrogen (secondary N) is 3. The standard InChI is InChI=1S/C10H19N3O.ClH/c1-10(2)6-12-8(10)9(14)13-7-3-4-11-5-7;/h7-8,11-12H,3-6H2,1-2H3,(H,13,14);1H. The van der Waals surface area contributed by atoms with E-state index in [1.54, 1.807) is 0 Å². The molecule has 5 heteroatoms. The van der Waals surface area contributed by atoms with Crippen LogP contribution in [0, 0.1) is 5.41 Å². The second-order valence-corrected chi connectivity index (χ2v) is 5.00. The lowest BCUT2D eigenvalue weighted by Crippen LogP contribution is -2.66. The van der Waals surface area contributed by atoms with Gasteiger partial charge in [-0.05, 0) is 13.0 Å². The Hall–Kier alpha value is -0.320. The molecule has 2 aliphatic heterocycles. The summed E-state index contributed by atoms with van der Waals surface area (Å²) in [7, 11) is 0. The molecule has 0 aromatic rings. The Kier molecular flexibility index (Phi) is 3.98. The third-order valence-corrected chi connectivity index (χ3v) is 3.21. The topological polar surface area (TPSA) is 53.2 Å². The van der Waals surface area contributed by atoms with E-state index in [2.05, 4.69) is 29.8 Å². The Bertz CT molecular complexity index is 239. The van der Waals surface area contributed by atoms with Gasteiger partial charge in [0.15, 0.2) is 0 Å². The molecule has 15 heavy (non-hydrogen) atoms. The number of hydrogen-bond donors (Lipinski definition) is 3. The van der Waals surface area contributed by atoms with Gasteiger partial charge >= 0.3 is 0 Å². The van der Waals surface area contributed by atoms with Crippen LogP contribution in [0.2, 0.25) is 0 Å². The molecule has 2 aliphatic rings. The lowest BCUT2D eigenvalue weighted by Gasteiger charge is -2.44. The zero-order valence-corrected chi connectivity index (χ0v) is 10.1. The van der Waals surface area contributed by atoms with Crippen molar-refractivity contribution in [2.24, 2.45) is 5.41 Å². The zero-order valence-electron chi connectivity index (χ0n) is 9.30. The van der Waals surface area contributed by atoms with E-state index in [1.165, 1.54) is 0 Å². The quantitative estimate of drug-likeness (QED) is 0.624. The maximum absolute atomic E-state index is 11.8. The van der Waals surface area contributed by atoms with Crippen molar-refractivity contribution in [3.8, 4) is 0 Å². The van der Waals surface area contributed by atoms with Gasteiger partial charge in [0.1, 0.15) is 0 Å². The molecule has 4 nitrogen and oxygen atoms in total. The third kappa shape index (κ3) is 2.62. The molecular formula is C10H20ClN3O. The number of carbonyl (C=O) groups excluding carboxylic acids is 1. The van der Waals surface area contributed by atoms with E-state index >= 15 is 0 Å². The molecule has 1 amide bonds. The van der Waals surface area contributed by atoms with E-state index < -0.39 is 0 Å². The van der Waals surface area contributed by atoms with Gasteiger partial charge in [-0.25, -0.2) is 0 Å². The van der Waals surface area contributed by atoms with E-state index in [9.17, 15) is 4.79 Å². The van der Waals surface area contributed by atoms with Crippen molar-refractivity contribution >= 4 is 18.3 Å². The van der Waals surface area contributed by atoms with E-state index in [0.29, 0.717) is 6.04 Å². The molecule has 2 heterocycles. The lowest BCUT2D eigenvalue weighted by molar-refractivity contribution is -0.130. The van der Waals surface area contributed by atoms with E-state index in [0.717, 1.165) is 26.1 Å². The van der Waals surface area contributed by atoms with Gasteiger partial charge < -0.3 is 16.0 Å². The van der Waals surface area contributed by atoms with Crippen molar-refractivity contribution in [2.75, 3.05) is 19.6 Å². The van der Waals surface area contributed by atoms with E-state index in [1.807, 2.05) is 0 Å². The van der Waals surface area contributed by atoms with Gasteiger partial charge in [0.05, 0.1) is 6.04 Å². The first-order chi connectivity index (χ1) is 6.59. The molecule has 0 saturated carbocycles. The van der Waals surface area contributed by atoms with Crippen LogP contribution in [-0.4, -0.2) is 37.6 Å². The molecule has 0 aliphatic carbocycles. The highest BCUT2D eigenvalue weighted by Crippen LogP contribution is 2.27. The van der Waals surface area contributed by atoms with Gasteiger partial charge in [-0.15, -0.1) is 12.4 Å². The smallest absolute Gasteiger partial charge is 0.238 e. The first kappa shape index (κ1) is 12.7. The highest BCUT2D eigenvalue weighted by Gasteiger charge is 2.43.